The van der Waals surface area contributed by atoms with Gasteiger partial charge in [0.05, 0.1) is 11.1 Å². The molecule has 2 nitrogen and oxygen atoms in total. The van der Waals surface area contributed by atoms with Crippen LogP contribution in [-0.4, -0.2) is 11.5 Å². The van der Waals surface area contributed by atoms with Gasteiger partial charge in [0.15, 0.2) is 0 Å². The molecule has 0 bridgehead atoms. The van der Waals surface area contributed by atoms with E-state index in [-0.39, 0.29) is 37.1 Å². The van der Waals surface area contributed by atoms with Crippen LogP contribution < -0.4 is 11.5 Å². The lowest BCUT2D eigenvalue weighted by molar-refractivity contribution is -0.139. The number of hydrogen-bond acceptors (Lipinski definition) is 3. The second kappa shape index (κ2) is 9.97. The minimum atomic E-state index is -4.74. The van der Waals surface area contributed by atoms with Gasteiger partial charge in [-0.25, -0.2) is 8.78 Å². The molecule has 0 spiro atoms. The van der Waals surface area contributed by atoms with Gasteiger partial charge in [-0.2, -0.15) is 38.1 Å². The van der Waals surface area contributed by atoms with Crippen molar-refractivity contribution in [1.82, 2.24) is 0 Å². The quantitative estimate of drug-likeness (QED) is 0.263. The number of hydrogen-bond donors (Lipinski definition) is 2. The first-order chi connectivity index (χ1) is 14.3. The van der Waals surface area contributed by atoms with E-state index < -0.39 is 46.2 Å². The molecule has 0 saturated heterocycles. The first-order valence-electron chi connectivity index (χ1n) is 9.18. The molecule has 172 valence electrons. The molecule has 31 heavy (non-hydrogen) atoms. The number of nitrogen functional groups attached to an aromatic ring is 2. The van der Waals surface area contributed by atoms with Crippen LogP contribution in [-0.2, 0) is 25.2 Å². The average Bonchev–Trinajstić information content (AvgIpc) is 2.61. The van der Waals surface area contributed by atoms with Crippen molar-refractivity contribution in [3.63, 3.8) is 0 Å². The average molecular weight is 472 g/mol. The molecule has 0 unspecified atom stereocenters. The highest BCUT2D eigenvalue weighted by Gasteiger charge is 2.35. The Labute approximate surface area is 178 Å². The zero-order chi connectivity index (χ0) is 23.4. The van der Waals surface area contributed by atoms with Gasteiger partial charge < -0.3 is 11.5 Å². The van der Waals surface area contributed by atoms with Crippen LogP contribution in [0.5, 0.6) is 0 Å². The van der Waals surface area contributed by atoms with Crippen LogP contribution in [0.4, 0.5) is 46.5 Å². The van der Waals surface area contributed by atoms with Gasteiger partial charge in [-0.15, -0.1) is 0 Å². The molecule has 11 heteroatoms. The Balaban J connectivity index is 1.88. The van der Waals surface area contributed by atoms with Gasteiger partial charge in [-0.05, 0) is 61.5 Å². The maximum Gasteiger partial charge on any atom is 0.416 e. The van der Waals surface area contributed by atoms with Crippen LogP contribution in [0, 0.1) is 11.6 Å². The number of thioether (sulfide) groups is 1. The Kier molecular flexibility index (Phi) is 8.07. The van der Waals surface area contributed by atoms with E-state index in [9.17, 15) is 35.1 Å². The minimum Gasteiger partial charge on any atom is -0.399 e. The Morgan fingerprint density at radius 1 is 0.645 bits per heavy atom. The van der Waals surface area contributed by atoms with E-state index in [2.05, 4.69) is 0 Å². The van der Waals surface area contributed by atoms with Crippen molar-refractivity contribution in [2.45, 2.75) is 38.0 Å². The molecular formula is C20H20F8N2S. The van der Waals surface area contributed by atoms with Crippen molar-refractivity contribution >= 4 is 23.1 Å². The monoisotopic (exact) mass is 472 g/mol. The summed E-state index contributed by atoms with van der Waals surface area (Å²) in [5.41, 5.74) is 6.76. The summed E-state index contributed by atoms with van der Waals surface area (Å²) in [5, 5.41) is 0. The second-order valence-corrected chi connectivity index (χ2v) is 8.10. The smallest absolute Gasteiger partial charge is 0.399 e. The molecule has 2 aromatic carbocycles. The Bertz CT molecular complexity index is 836. The van der Waals surface area contributed by atoms with Crippen LogP contribution in [0.3, 0.4) is 0 Å². The van der Waals surface area contributed by atoms with E-state index in [1.165, 1.54) is 11.8 Å². The fourth-order valence-corrected chi connectivity index (χ4v) is 4.03. The van der Waals surface area contributed by atoms with E-state index in [0.717, 1.165) is 12.1 Å². The predicted octanol–water partition coefficient (Wildman–Crippen LogP) is 6.47. The Morgan fingerprint density at radius 3 is 1.32 bits per heavy atom. The third kappa shape index (κ3) is 6.91. The Morgan fingerprint density at radius 2 is 1.00 bits per heavy atom. The summed E-state index contributed by atoms with van der Waals surface area (Å²) in [6.07, 6.45) is -9.37. The molecule has 0 radical (unpaired) electrons. The lowest BCUT2D eigenvalue weighted by Gasteiger charge is -2.15. The van der Waals surface area contributed by atoms with Gasteiger partial charge in [0.25, 0.3) is 0 Å². The topological polar surface area (TPSA) is 52.0 Å². The first-order valence-corrected chi connectivity index (χ1v) is 10.3. The predicted molar refractivity (Wildman–Crippen MR) is 106 cm³/mol. The summed E-state index contributed by atoms with van der Waals surface area (Å²) in [6, 6.07) is 3.03. The molecule has 0 heterocycles. The lowest BCUT2D eigenvalue weighted by Crippen LogP contribution is -2.12. The summed E-state index contributed by atoms with van der Waals surface area (Å²) in [7, 11) is 0. The van der Waals surface area contributed by atoms with E-state index >= 15 is 0 Å². The van der Waals surface area contributed by atoms with Gasteiger partial charge in [0.1, 0.15) is 11.6 Å². The maximum absolute atomic E-state index is 13.9. The van der Waals surface area contributed by atoms with Crippen LogP contribution >= 0.6 is 11.8 Å². The molecule has 0 fully saturated rings. The molecule has 4 N–H and O–H groups in total. The number of alkyl halides is 6. The molecule has 2 rings (SSSR count). The number of benzene rings is 2. The van der Waals surface area contributed by atoms with Crippen molar-refractivity contribution in [1.29, 1.82) is 0 Å². The zero-order valence-electron chi connectivity index (χ0n) is 16.1. The standard InChI is InChI=1S/C20H20F8N2S/c21-17-9-11(29)7-15(19(23,24)25)13(17)3-1-5-31-6-2-4-14-16(20(26,27)28)8-12(30)10-18(14)22/h7-10H,1-6,29-30H2. The van der Waals surface area contributed by atoms with Gasteiger partial charge in [0.2, 0.25) is 0 Å². The van der Waals surface area contributed by atoms with E-state index in [1.54, 1.807) is 0 Å². The third-order valence-corrected chi connectivity index (χ3v) is 5.63. The fourth-order valence-electron chi connectivity index (χ4n) is 3.13. The molecule has 0 aliphatic heterocycles. The number of halogens is 8. The first kappa shape index (κ1) is 25.1. The molecule has 0 aliphatic carbocycles. The summed E-state index contributed by atoms with van der Waals surface area (Å²) < 4.78 is 106. The minimum absolute atomic E-state index is 0.168. The summed E-state index contributed by atoms with van der Waals surface area (Å²) in [5.74, 6) is -1.35. The van der Waals surface area contributed by atoms with E-state index in [4.69, 9.17) is 11.5 Å². The van der Waals surface area contributed by atoms with Crippen molar-refractivity contribution < 1.29 is 35.1 Å². The zero-order valence-corrected chi connectivity index (χ0v) is 17.0. The van der Waals surface area contributed by atoms with Crippen molar-refractivity contribution in [2.75, 3.05) is 23.0 Å². The Hall–Kier alpha value is -2.17. The highest BCUT2D eigenvalue weighted by molar-refractivity contribution is 7.99. The molecule has 0 aliphatic rings. The van der Waals surface area contributed by atoms with Crippen LogP contribution in [0.15, 0.2) is 24.3 Å². The maximum atomic E-state index is 13.9. The third-order valence-electron chi connectivity index (χ3n) is 4.48. The molecule has 0 aromatic heterocycles. The molecular weight excluding hydrogens is 452 g/mol. The van der Waals surface area contributed by atoms with Gasteiger partial charge in [-0.1, -0.05) is 0 Å². The summed E-state index contributed by atoms with van der Waals surface area (Å²) in [4.78, 5) is 0. The number of anilines is 2. The van der Waals surface area contributed by atoms with Crippen molar-refractivity contribution in [3.8, 4) is 0 Å². The van der Waals surface area contributed by atoms with Crippen molar-refractivity contribution in [3.05, 3.63) is 58.2 Å². The van der Waals surface area contributed by atoms with Crippen LogP contribution in [0.2, 0.25) is 0 Å². The highest BCUT2D eigenvalue weighted by Crippen LogP contribution is 2.36. The molecule has 0 amide bonds. The molecule has 0 atom stereocenters. The number of rotatable bonds is 8. The fraction of sp³-hybridized carbons (Fsp3) is 0.400. The molecule has 2 aromatic rings. The van der Waals surface area contributed by atoms with Crippen LogP contribution in [0.25, 0.3) is 0 Å². The second-order valence-electron chi connectivity index (χ2n) is 6.87. The lowest BCUT2D eigenvalue weighted by atomic mass is 10.0. The van der Waals surface area contributed by atoms with Gasteiger partial charge >= 0.3 is 12.4 Å². The van der Waals surface area contributed by atoms with E-state index in [0.29, 0.717) is 23.6 Å². The number of nitrogens with two attached hydrogens (primary N) is 2. The van der Waals surface area contributed by atoms with Gasteiger partial charge in [-0.3, -0.25) is 0 Å². The SMILES string of the molecule is Nc1cc(F)c(CCCSCCCc2c(F)cc(N)cc2C(F)(F)F)c(C(F)(F)F)c1. The normalized spacial score (nSPS) is 12.4. The van der Waals surface area contributed by atoms with E-state index in [1.807, 2.05) is 0 Å². The highest BCUT2D eigenvalue weighted by atomic mass is 32.2. The van der Waals surface area contributed by atoms with Crippen molar-refractivity contribution in [2.24, 2.45) is 0 Å². The molecule has 0 saturated carbocycles. The largest absolute Gasteiger partial charge is 0.416 e. The van der Waals surface area contributed by atoms with Crippen LogP contribution in [0.1, 0.15) is 35.1 Å². The summed E-state index contributed by atoms with van der Waals surface area (Å²) in [6.45, 7) is 0. The summed E-state index contributed by atoms with van der Waals surface area (Å²) >= 11 is 1.28. The van der Waals surface area contributed by atoms with Gasteiger partial charge in [0, 0.05) is 22.5 Å².